The summed E-state index contributed by atoms with van der Waals surface area (Å²) < 4.78 is 5.17. The maximum absolute atomic E-state index is 12.0. The number of ketones is 1. The number of furan rings is 1. The average molecular weight is 214 g/mol. The van der Waals surface area contributed by atoms with Gasteiger partial charge < -0.3 is 4.42 Å². The van der Waals surface area contributed by atoms with E-state index in [2.05, 4.69) is 0 Å². The van der Waals surface area contributed by atoms with Gasteiger partial charge in [-0.2, -0.15) is 0 Å². The Hall–Kier alpha value is -1.83. The Labute approximate surface area is 94.9 Å². The first-order valence-corrected chi connectivity index (χ1v) is 5.37. The molecule has 0 bridgehead atoms. The minimum absolute atomic E-state index is 0.0775. The first kappa shape index (κ1) is 10.7. The molecule has 0 saturated heterocycles. The van der Waals surface area contributed by atoms with Crippen molar-refractivity contribution in [3.63, 3.8) is 0 Å². The lowest BCUT2D eigenvalue weighted by Gasteiger charge is -2.09. The van der Waals surface area contributed by atoms with Crippen LogP contribution in [0.25, 0.3) is 0 Å². The molecule has 1 aromatic heterocycles. The molecule has 2 nitrogen and oxygen atoms in total. The normalized spacial score (nSPS) is 12.3. The molecule has 0 fully saturated rings. The first-order valence-electron chi connectivity index (χ1n) is 5.37. The van der Waals surface area contributed by atoms with Crippen LogP contribution in [-0.2, 0) is 11.2 Å². The molecule has 1 atom stereocenters. The van der Waals surface area contributed by atoms with Crippen LogP contribution < -0.4 is 0 Å². The monoisotopic (exact) mass is 214 g/mol. The third-order valence-electron chi connectivity index (χ3n) is 2.71. The van der Waals surface area contributed by atoms with E-state index in [9.17, 15) is 4.79 Å². The lowest BCUT2D eigenvalue weighted by Crippen LogP contribution is -2.11. The molecule has 1 heterocycles. The van der Waals surface area contributed by atoms with Gasteiger partial charge in [-0.3, -0.25) is 4.79 Å². The standard InChI is InChI=1S/C14H14O2/c1-11(12-6-3-2-4-7-12)14(15)10-13-8-5-9-16-13/h2-9,11H,10H2,1H3. The van der Waals surface area contributed by atoms with Crippen molar-refractivity contribution in [1.82, 2.24) is 0 Å². The molecule has 0 aliphatic rings. The molecule has 2 heteroatoms. The van der Waals surface area contributed by atoms with Crippen LogP contribution in [0, 0.1) is 0 Å². The first-order chi connectivity index (χ1) is 7.77. The lowest BCUT2D eigenvalue weighted by molar-refractivity contribution is -0.119. The van der Waals surface area contributed by atoms with Gasteiger partial charge in [-0.1, -0.05) is 37.3 Å². The highest BCUT2D eigenvalue weighted by Crippen LogP contribution is 2.17. The Bertz CT molecular complexity index is 443. The topological polar surface area (TPSA) is 30.2 Å². The third kappa shape index (κ3) is 2.40. The zero-order valence-electron chi connectivity index (χ0n) is 9.22. The fourth-order valence-corrected chi connectivity index (χ4v) is 1.67. The number of carbonyl (C=O) groups is 1. The fourth-order valence-electron chi connectivity index (χ4n) is 1.67. The summed E-state index contributed by atoms with van der Waals surface area (Å²) >= 11 is 0. The number of benzene rings is 1. The molecule has 1 unspecified atom stereocenters. The summed E-state index contributed by atoms with van der Waals surface area (Å²) in [6.45, 7) is 1.93. The SMILES string of the molecule is CC(C(=O)Cc1ccco1)c1ccccc1. The van der Waals surface area contributed by atoms with Gasteiger partial charge in [-0.15, -0.1) is 0 Å². The predicted octanol–water partition coefficient (Wildman–Crippen LogP) is 3.19. The molecular weight excluding hydrogens is 200 g/mol. The van der Waals surface area contributed by atoms with Crippen molar-refractivity contribution in [2.45, 2.75) is 19.3 Å². The summed E-state index contributed by atoms with van der Waals surface area (Å²) in [7, 11) is 0. The molecule has 2 aromatic rings. The van der Waals surface area contributed by atoms with Crippen molar-refractivity contribution in [2.24, 2.45) is 0 Å². The van der Waals surface area contributed by atoms with E-state index in [1.54, 1.807) is 12.3 Å². The molecule has 0 radical (unpaired) electrons. The average Bonchev–Trinajstić information content (AvgIpc) is 2.82. The predicted molar refractivity (Wildman–Crippen MR) is 62.3 cm³/mol. The van der Waals surface area contributed by atoms with Crippen molar-refractivity contribution < 1.29 is 9.21 Å². The van der Waals surface area contributed by atoms with Gasteiger partial charge in [0.1, 0.15) is 11.5 Å². The van der Waals surface area contributed by atoms with Crippen LogP contribution in [0.4, 0.5) is 0 Å². The Morgan fingerprint density at radius 2 is 1.94 bits per heavy atom. The van der Waals surface area contributed by atoms with E-state index in [0.29, 0.717) is 6.42 Å². The molecule has 0 aliphatic carbocycles. The Balaban J connectivity index is 2.05. The number of hydrogen-bond donors (Lipinski definition) is 0. The van der Waals surface area contributed by atoms with Crippen molar-refractivity contribution >= 4 is 5.78 Å². The van der Waals surface area contributed by atoms with E-state index >= 15 is 0 Å². The number of Topliss-reactive ketones (excluding diaryl/α,β-unsaturated/α-hetero) is 1. The maximum Gasteiger partial charge on any atom is 0.147 e. The molecular formula is C14H14O2. The minimum atomic E-state index is -0.0775. The van der Waals surface area contributed by atoms with Gasteiger partial charge in [-0.05, 0) is 17.7 Å². The van der Waals surface area contributed by atoms with E-state index in [1.165, 1.54) is 0 Å². The van der Waals surface area contributed by atoms with Gasteiger partial charge in [0.05, 0.1) is 12.7 Å². The third-order valence-corrected chi connectivity index (χ3v) is 2.71. The van der Waals surface area contributed by atoms with E-state index in [1.807, 2.05) is 43.3 Å². The second kappa shape index (κ2) is 4.79. The summed E-state index contributed by atoms with van der Waals surface area (Å²) in [4.78, 5) is 12.0. The molecule has 82 valence electrons. The second-order valence-electron chi connectivity index (χ2n) is 3.85. The molecule has 0 amide bonds. The number of carbonyl (C=O) groups excluding carboxylic acids is 1. The van der Waals surface area contributed by atoms with Gasteiger partial charge >= 0.3 is 0 Å². The van der Waals surface area contributed by atoms with Crippen LogP contribution in [0.15, 0.2) is 53.1 Å². The smallest absolute Gasteiger partial charge is 0.147 e. The number of hydrogen-bond acceptors (Lipinski definition) is 2. The van der Waals surface area contributed by atoms with E-state index in [4.69, 9.17) is 4.42 Å². The summed E-state index contributed by atoms with van der Waals surface area (Å²) in [6.07, 6.45) is 1.96. The van der Waals surface area contributed by atoms with Gasteiger partial charge in [0.15, 0.2) is 0 Å². The van der Waals surface area contributed by atoms with Gasteiger partial charge in [0.2, 0.25) is 0 Å². The molecule has 0 N–H and O–H groups in total. The highest BCUT2D eigenvalue weighted by Gasteiger charge is 2.16. The molecule has 16 heavy (non-hydrogen) atoms. The Morgan fingerprint density at radius 1 is 1.19 bits per heavy atom. The highest BCUT2D eigenvalue weighted by atomic mass is 16.3. The largest absolute Gasteiger partial charge is 0.469 e. The second-order valence-corrected chi connectivity index (χ2v) is 3.85. The van der Waals surface area contributed by atoms with Crippen molar-refractivity contribution in [3.05, 3.63) is 60.1 Å². The van der Waals surface area contributed by atoms with E-state index in [0.717, 1.165) is 11.3 Å². The molecule has 0 saturated carbocycles. The molecule has 2 rings (SSSR count). The lowest BCUT2D eigenvalue weighted by atomic mass is 9.94. The zero-order valence-corrected chi connectivity index (χ0v) is 9.22. The minimum Gasteiger partial charge on any atom is -0.469 e. The summed E-state index contributed by atoms with van der Waals surface area (Å²) in [5, 5.41) is 0. The van der Waals surface area contributed by atoms with Crippen LogP contribution in [0.3, 0.4) is 0 Å². The maximum atomic E-state index is 12.0. The highest BCUT2D eigenvalue weighted by molar-refractivity contribution is 5.86. The van der Waals surface area contributed by atoms with Crippen LogP contribution in [-0.4, -0.2) is 5.78 Å². The van der Waals surface area contributed by atoms with Gasteiger partial charge in [-0.25, -0.2) is 0 Å². The number of rotatable bonds is 4. The van der Waals surface area contributed by atoms with Crippen LogP contribution >= 0.6 is 0 Å². The fraction of sp³-hybridized carbons (Fsp3) is 0.214. The van der Waals surface area contributed by atoms with Crippen molar-refractivity contribution in [1.29, 1.82) is 0 Å². The summed E-state index contributed by atoms with van der Waals surface area (Å²) in [6, 6.07) is 13.4. The summed E-state index contributed by atoms with van der Waals surface area (Å²) in [5.74, 6) is 0.834. The van der Waals surface area contributed by atoms with Gasteiger partial charge in [0.25, 0.3) is 0 Å². The molecule has 0 spiro atoms. The van der Waals surface area contributed by atoms with Gasteiger partial charge in [0, 0.05) is 5.92 Å². The van der Waals surface area contributed by atoms with Crippen molar-refractivity contribution in [2.75, 3.05) is 0 Å². The molecule has 0 aliphatic heterocycles. The quantitative estimate of drug-likeness (QED) is 0.782. The van der Waals surface area contributed by atoms with Crippen LogP contribution in [0.1, 0.15) is 24.2 Å². The Kier molecular flexibility index (Phi) is 3.20. The van der Waals surface area contributed by atoms with E-state index < -0.39 is 0 Å². The Morgan fingerprint density at radius 3 is 2.56 bits per heavy atom. The summed E-state index contributed by atoms with van der Waals surface area (Å²) in [5.41, 5.74) is 1.05. The van der Waals surface area contributed by atoms with E-state index in [-0.39, 0.29) is 11.7 Å². The van der Waals surface area contributed by atoms with Crippen LogP contribution in [0.5, 0.6) is 0 Å². The van der Waals surface area contributed by atoms with Crippen LogP contribution in [0.2, 0.25) is 0 Å². The zero-order chi connectivity index (χ0) is 11.4. The van der Waals surface area contributed by atoms with Crippen molar-refractivity contribution in [3.8, 4) is 0 Å². The molecule has 1 aromatic carbocycles.